The molecule has 3 aromatic rings. The van der Waals surface area contributed by atoms with Crippen LogP contribution in [-0.2, 0) is 20.7 Å². The van der Waals surface area contributed by atoms with Crippen molar-refractivity contribution in [1.82, 2.24) is 5.32 Å². The SMILES string of the molecule is NCC(=O)N(c1cc(F)ccc1Cc1ccc(F)cc1)c1cc(F)cc(F)c1OC[C@@H]1CN[C@H](COC(N)=O)CO1. The van der Waals surface area contributed by atoms with E-state index in [4.69, 9.17) is 25.7 Å². The fraction of sp³-hybridized carbons (Fsp3) is 0.286. The quantitative estimate of drug-likeness (QED) is 0.316. The summed E-state index contributed by atoms with van der Waals surface area (Å²) >= 11 is 0. The average molecular weight is 577 g/mol. The summed E-state index contributed by atoms with van der Waals surface area (Å²) in [6.07, 6.45) is -1.37. The van der Waals surface area contributed by atoms with Crippen LogP contribution >= 0.6 is 0 Å². The van der Waals surface area contributed by atoms with Gasteiger partial charge in [0.25, 0.3) is 0 Å². The number of hydrogen-bond acceptors (Lipinski definition) is 7. The van der Waals surface area contributed by atoms with E-state index in [1.807, 2.05) is 0 Å². The summed E-state index contributed by atoms with van der Waals surface area (Å²) in [4.78, 5) is 24.9. The molecule has 0 radical (unpaired) electrons. The molecule has 1 heterocycles. The Morgan fingerprint density at radius 1 is 0.951 bits per heavy atom. The molecule has 0 unspecified atom stereocenters. The summed E-state index contributed by atoms with van der Waals surface area (Å²) in [6.45, 7) is -0.420. The van der Waals surface area contributed by atoms with Crippen LogP contribution in [0.5, 0.6) is 5.75 Å². The van der Waals surface area contributed by atoms with Crippen molar-refractivity contribution in [3.05, 3.63) is 89.0 Å². The molecular formula is C28H28F4N4O5. The van der Waals surface area contributed by atoms with Gasteiger partial charge in [0.1, 0.15) is 36.8 Å². The number of primary amides is 1. The van der Waals surface area contributed by atoms with Gasteiger partial charge in [0.05, 0.1) is 30.6 Å². The number of ether oxygens (including phenoxy) is 3. The first-order chi connectivity index (χ1) is 19.6. The number of nitrogens with two attached hydrogens (primary N) is 2. The van der Waals surface area contributed by atoms with Crippen LogP contribution in [0, 0.1) is 23.3 Å². The molecule has 1 aliphatic rings. The third-order valence-electron chi connectivity index (χ3n) is 6.26. The number of nitrogens with zero attached hydrogens (tertiary/aromatic N) is 1. The standard InChI is InChI=1S/C28H28F4N4O5/c29-18-4-1-16(2-5-18)7-17-3-6-19(30)9-24(17)36(26(37)11-33)25-10-20(31)8-23(32)27(25)40-15-22-12-35-21(13-39-22)14-41-28(34)38/h1-6,8-10,21-22,35H,7,11-15,33H2,(H2,34,38)/t21-,22-/m0/s1. The fourth-order valence-electron chi connectivity index (χ4n) is 4.30. The highest BCUT2D eigenvalue weighted by molar-refractivity contribution is 6.03. The molecule has 3 aromatic carbocycles. The lowest BCUT2D eigenvalue weighted by atomic mass is 10.0. The number of morpholine rings is 1. The van der Waals surface area contributed by atoms with Crippen LogP contribution in [-0.4, -0.2) is 57.1 Å². The van der Waals surface area contributed by atoms with E-state index in [1.165, 1.54) is 36.4 Å². The van der Waals surface area contributed by atoms with Gasteiger partial charge in [-0.15, -0.1) is 0 Å². The largest absolute Gasteiger partial charge is 0.486 e. The lowest BCUT2D eigenvalue weighted by Crippen LogP contribution is -2.50. The second kappa shape index (κ2) is 13.4. The third-order valence-corrected chi connectivity index (χ3v) is 6.26. The van der Waals surface area contributed by atoms with Crippen molar-refractivity contribution in [3.8, 4) is 5.75 Å². The maximum absolute atomic E-state index is 15.2. The number of amides is 2. The molecule has 2 amide bonds. The Balaban J connectivity index is 1.64. The van der Waals surface area contributed by atoms with E-state index in [0.29, 0.717) is 17.2 Å². The molecule has 41 heavy (non-hydrogen) atoms. The molecule has 218 valence electrons. The molecule has 1 fully saturated rings. The highest BCUT2D eigenvalue weighted by atomic mass is 19.1. The predicted molar refractivity (Wildman–Crippen MR) is 141 cm³/mol. The van der Waals surface area contributed by atoms with Crippen LogP contribution in [0.1, 0.15) is 11.1 Å². The molecule has 13 heteroatoms. The molecule has 0 bridgehead atoms. The van der Waals surface area contributed by atoms with Gasteiger partial charge >= 0.3 is 6.09 Å². The Hall–Kier alpha value is -4.20. The number of carbonyl (C=O) groups excluding carboxylic acids is 2. The summed E-state index contributed by atoms with van der Waals surface area (Å²) in [6, 6.07) is 10.3. The number of anilines is 2. The topological polar surface area (TPSA) is 129 Å². The molecule has 0 aliphatic carbocycles. The number of benzene rings is 3. The summed E-state index contributed by atoms with van der Waals surface area (Å²) in [7, 11) is 0. The molecule has 5 N–H and O–H groups in total. The van der Waals surface area contributed by atoms with Crippen molar-refractivity contribution in [2.75, 3.05) is 37.8 Å². The maximum atomic E-state index is 15.2. The van der Waals surface area contributed by atoms with Gasteiger partial charge in [-0.05, 0) is 41.8 Å². The van der Waals surface area contributed by atoms with Crippen LogP contribution in [0.3, 0.4) is 0 Å². The first-order valence-corrected chi connectivity index (χ1v) is 12.6. The van der Waals surface area contributed by atoms with E-state index in [0.717, 1.165) is 17.0 Å². The summed E-state index contributed by atoms with van der Waals surface area (Å²) in [5, 5.41) is 3.08. The van der Waals surface area contributed by atoms with E-state index < -0.39 is 53.7 Å². The van der Waals surface area contributed by atoms with Crippen LogP contribution in [0.2, 0.25) is 0 Å². The first kappa shape index (κ1) is 29.8. The van der Waals surface area contributed by atoms with Crippen LogP contribution in [0.15, 0.2) is 54.6 Å². The number of halogens is 4. The van der Waals surface area contributed by atoms with Crippen molar-refractivity contribution < 1.29 is 41.4 Å². The van der Waals surface area contributed by atoms with Crippen molar-refractivity contribution in [1.29, 1.82) is 0 Å². The number of nitrogens with one attached hydrogen (secondary N) is 1. The van der Waals surface area contributed by atoms with E-state index in [-0.39, 0.29) is 50.2 Å². The monoisotopic (exact) mass is 576 g/mol. The van der Waals surface area contributed by atoms with Crippen molar-refractivity contribution in [2.45, 2.75) is 18.6 Å². The lowest BCUT2D eigenvalue weighted by molar-refractivity contribution is -0.116. The van der Waals surface area contributed by atoms with Gasteiger partial charge in [-0.1, -0.05) is 18.2 Å². The molecule has 0 aromatic heterocycles. The van der Waals surface area contributed by atoms with Gasteiger partial charge in [-0.2, -0.15) is 0 Å². The molecule has 0 spiro atoms. The normalized spacial score (nSPS) is 16.7. The summed E-state index contributed by atoms with van der Waals surface area (Å²) < 4.78 is 73.7. The smallest absolute Gasteiger partial charge is 0.404 e. The van der Waals surface area contributed by atoms with Gasteiger partial charge in [0.2, 0.25) is 5.91 Å². The van der Waals surface area contributed by atoms with Crippen LogP contribution in [0.25, 0.3) is 0 Å². The Morgan fingerprint density at radius 3 is 2.32 bits per heavy atom. The van der Waals surface area contributed by atoms with Gasteiger partial charge in [0, 0.05) is 18.7 Å². The van der Waals surface area contributed by atoms with Crippen LogP contribution < -0.4 is 26.4 Å². The minimum absolute atomic E-state index is 0.0102. The van der Waals surface area contributed by atoms with Crippen molar-refractivity contribution in [3.63, 3.8) is 0 Å². The second-order valence-electron chi connectivity index (χ2n) is 9.25. The van der Waals surface area contributed by atoms with Gasteiger partial charge in [-0.3, -0.25) is 9.69 Å². The Morgan fingerprint density at radius 2 is 1.66 bits per heavy atom. The van der Waals surface area contributed by atoms with E-state index in [9.17, 15) is 22.8 Å². The number of carbonyl (C=O) groups is 2. The zero-order valence-corrected chi connectivity index (χ0v) is 21.7. The zero-order valence-electron chi connectivity index (χ0n) is 21.7. The number of hydrogen-bond donors (Lipinski definition) is 3. The van der Waals surface area contributed by atoms with Gasteiger partial charge in [0.15, 0.2) is 11.6 Å². The molecule has 1 saturated heterocycles. The summed E-state index contributed by atoms with van der Waals surface area (Å²) in [5.74, 6) is -4.55. The fourth-order valence-corrected chi connectivity index (χ4v) is 4.30. The van der Waals surface area contributed by atoms with E-state index >= 15 is 4.39 Å². The Kier molecular flexibility index (Phi) is 9.76. The second-order valence-corrected chi connectivity index (χ2v) is 9.25. The highest BCUT2D eigenvalue weighted by Gasteiger charge is 2.28. The molecule has 0 saturated carbocycles. The zero-order chi connectivity index (χ0) is 29.5. The molecular weight excluding hydrogens is 548 g/mol. The first-order valence-electron chi connectivity index (χ1n) is 12.6. The summed E-state index contributed by atoms with van der Waals surface area (Å²) in [5.41, 5.74) is 11.3. The number of rotatable bonds is 10. The predicted octanol–water partition coefficient (Wildman–Crippen LogP) is 3.29. The third kappa shape index (κ3) is 7.72. The van der Waals surface area contributed by atoms with Crippen LogP contribution in [0.4, 0.5) is 33.7 Å². The molecule has 2 atom stereocenters. The lowest BCUT2D eigenvalue weighted by Gasteiger charge is -2.31. The minimum atomic E-state index is -1.11. The van der Waals surface area contributed by atoms with Gasteiger partial charge < -0.3 is 31.0 Å². The van der Waals surface area contributed by atoms with E-state index in [1.54, 1.807) is 0 Å². The van der Waals surface area contributed by atoms with Crippen molar-refractivity contribution >= 4 is 23.4 Å². The molecule has 1 aliphatic heterocycles. The molecule has 9 nitrogen and oxygen atoms in total. The average Bonchev–Trinajstić information content (AvgIpc) is 2.94. The van der Waals surface area contributed by atoms with Crippen molar-refractivity contribution in [2.24, 2.45) is 11.5 Å². The Bertz CT molecular complexity index is 1380. The minimum Gasteiger partial charge on any atom is -0.486 e. The maximum Gasteiger partial charge on any atom is 0.404 e. The van der Waals surface area contributed by atoms with Gasteiger partial charge in [-0.25, -0.2) is 22.4 Å². The highest BCUT2D eigenvalue weighted by Crippen LogP contribution is 2.39. The molecule has 4 rings (SSSR count). The van der Waals surface area contributed by atoms with E-state index in [2.05, 4.69) is 5.32 Å². The Labute approximate surface area is 233 Å².